The van der Waals surface area contributed by atoms with E-state index in [0.29, 0.717) is 15.6 Å². The summed E-state index contributed by atoms with van der Waals surface area (Å²) in [7, 11) is 0. The predicted molar refractivity (Wildman–Crippen MR) is 84.8 cm³/mol. The molecule has 6 heteroatoms. The van der Waals surface area contributed by atoms with E-state index >= 15 is 0 Å². The Morgan fingerprint density at radius 1 is 1.09 bits per heavy atom. The molecule has 4 aromatic rings. The van der Waals surface area contributed by atoms with E-state index in [9.17, 15) is 19.1 Å². The smallest absolute Gasteiger partial charge is 0.419 e. The van der Waals surface area contributed by atoms with Gasteiger partial charge < -0.3 is 9.51 Å². The van der Waals surface area contributed by atoms with Crippen molar-refractivity contribution in [3.8, 4) is 0 Å². The molecular formula is C17H11FN2O3. The Kier molecular flexibility index (Phi) is 2.60. The Morgan fingerprint density at radius 2 is 1.78 bits per heavy atom. The average molecular weight is 310 g/mol. The van der Waals surface area contributed by atoms with Crippen LogP contribution in [0.25, 0.3) is 27.5 Å². The van der Waals surface area contributed by atoms with Crippen molar-refractivity contribution in [1.29, 1.82) is 0 Å². The van der Waals surface area contributed by atoms with Crippen molar-refractivity contribution < 1.29 is 14.3 Å². The molecule has 0 atom stereocenters. The van der Waals surface area contributed by atoms with Crippen LogP contribution in [0.5, 0.6) is 0 Å². The Hall–Kier alpha value is -3.15. The van der Waals surface area contributed by atoms with Crippen LogP contribution in [0.4, 0.5) is 9.18 Å². The number of hydrogen-bond acceptors (Lipinski definition) is 2. The maximum atomic E-state index is 14.1. The highest BCUT2D eigenvalue weighted by Crippen LogP contribution is 2.27. The highest BCUT2D eigenvalue weighted by molar-refractivity contribution is 5.97. The Bertz CT molecular complexity index is 1190. The average Bonchev–Trinajstić information content (AvgIpc) is 2.88. The van der Waals surface area contributed by atoms with Gasteiger partial charge in [0.1, 0.15) is 11.3 Å². The molecule has 0 saturated carbocycles. The van der Waals surface area contributed by atoms with Gasteiger partial charge in [0.2, 0.25) is 0 Å². The van der Waals surface area contributed by atoms with E-state index < -0.39 is 17.5 Å². The second-order valence-electron chi connectivity index (χ2n) is 5.40. The molecule has 23 heavy (non-hydrogen) atoms. The number of para-hydroxylation sites is 1. The van der Waals surface area contributed by atoms with Gasteiger partial charge in [0.25, 0.3) is 5.56 Å². The summed E-state index contributed by atoms with van der Waals surface area (Å²) in [4.78, 5) is 24.2. The summed E-state index contributed by atoms with van der Waals surface area (Å²) in [5.74, 6) is -0.450. The first-order valence-corrected chi connectivity index (χ1v) is 6.98. The molecule has 0 fully saturated rings. The zero-order valence-corrected chi connectivity index (χ0v) is 12.1. The maximum absolute atomic E-state index is 14.1. The number of carbonyl (C=O) groups is 1. The van der Waals surface area contributed by atoms with Crippen molar-refractivity contribution in [2.24, 2.45) is 0 Å². The molecule has 4 rings (SSSR count). The number of carboxylic acid groups (broad SMARTS) is 1. The molecular weight excluding hydrogens is 299 g/mol. The number of fused-ring (bicyclic) bond motifs is 5. The van der Waals surface area contributed by atoms with Gasteiger partial charge in [-0.15, -0.1) is 0 Å². The third-order valence-corrected chi connectivity index (χ3v) is 4.09. The highest BCUT2D eigenvalue weighted by atomic mass is 19.1. The van der Waals surface area contributed by atoms with Crippen LogP contribution in [0, 0.1) is 12.7 Å². The summed E-state index contributed by atoms with van der Waals surface area (Å²) >= 11 is 0. The minimum absolute atomic E-state index is 0.134. The van der Waals surface area contributed by atoms with Crippen LogP contribution in [-0.2, 0) is 0 Å². The molecule has 1 N–H and O–H groups in total. The number of hydrogen-bond donors (Lipinski definition) is 1. The van der Waals surface area contributed by atoms with Gasteiger partial charge >= 0.3 is 6.09 Å². The SMILES string of the molecule is Cc1cccc2c1n1c(cc3c(F)cccc31)c(=O)n2C(=O)O. The molecule has 0 radical (unpaired) electrons. The molecule has 0 aliphatic carbocycles. The molecule has 2 aromatic heterocycles. The van der Waals surface area contributed by atoms with Gasteiger partial charge in [0.15, 0.2) is 0 Å². The minimum atomic E-state index is -1.36. The lowest BCUT2D eigenvalue weighted by Crippen LogP contribution is -2.27. The lowest BCUT2D eigenvalue weighted by molar-refractivity contribution is 0.196. The maximum Gasteiger partial charge on any atom is 0.419 e. The van der Waals surface area contributed by atoms with Crippen molar-refractivity contribution in [2.75, 3.05) is 0 Å². The fraction of sp³-hybridized carbons (Fsp3) is 0.0588. The van der Waals surface area contributed by atoms with Crippen molar-refractivity contribution in [3.05, 3.63) is 64.2 Å². The van der Waals surface area contributed by atoms with Crippen LogP contribution in [-0.4, -0.2) is 20.2 Å². The van der Waals surface area contributed by atoms with Crippen molar-refractivity contribution in [1.82, 2.24) is 8.97 Å². The van der Waals surface area contributed by atoms with E-state index in [1.54, 1.807) is 28.7 Å². The van der Waals surface area contributed by atoms with Gasteiger partial charge in [0, 0.05) is 5.39 Å². The summed E-state index contributed by atoms with van der Waals surface area (Å²) in [6.07, 6.45) is -1.36. The van der Waals surface area contributed by atoms with E-state index in [1.807, 2.05) is 13.0 Å². The van der Waals surface area contributed by atoms with E-state index in [2.05, 4.69) is 0 Å². The third kappa shape index (κ3) is 1.66. The summed E-state index contributed by atoms with van der Waals surface area (Å²) in [6.45, 7) is 1.82. The number of benzene rings is 2. The van der Waals surface area contributed by atoms with E-state index in [4.69, 9.17) is 0 Å². The lowest BCUT2D eigenvalue weighted by Gasteiger charge is -2.11. The number of halogens is 1. The number of rotatable bonds is 0. The topological polar surface area (TPSA) is 63.7 Å². The summed E-state index contributed by atoms with van der Waals surface area (Å²) < 4.78 is 16.4. The van der Waals surface area contributed by atoms with Crippen LogP contribution >= 0.6 is 0 Å². The van der Waals surface area contributed by atoms with Gasteiger partial charge in [-0.25, -0.2) is 13.8 Å². The van der Waals surface area contributed by atoms with Gasteiger partial charge in [-0.3, -0.25) is 4.79 Å². The fourth-order valence-electron chi connectivity index (χ4n) is 3.12. The van der Waals surface area contributed by atoms with Crippen LogP contribution in [0.15, 0.2) is 47.3 Å². The molecule has 0 saturated heterocycles. The van der Waals surface area contributed by atoms with E-state index in [0.717, 1.165) is 5.56 Å². The van der Waals surface area contributed by atoms with Crippen molar-refractivity contribution >= 4 is 33.5 Å². The first kappa shape index (κ1) is 13.5. The molecule has 114 valence electrons. The Labute approximate surface area is 128 Å². The summed E-state index contributed by atoms with van der Waals surface area (Å²) in [6, 6.07) is 11.1. The normalized spacial score (nSPS) is 11.6. The zero-order chi connectivity index (χ0) is 16.3. The molecule has 0 spiro atoms. The second-order valence-corrected chi connectivity index (χ2v) is 5.40. The van der Waals surface area contributed by atoms with E-state index in [-0.39, 0.29) is 16.4 Å². The molecule has 2 heterocycles. The van der Waals surface area contributed by atoms with Crippen LogP contribution in [0.3, 0.4) is 0 Å². The van der Waals surface area contributed by atoms with Gasteiger partial charge in [0.05, 0.1) is 16.6 Å². The van der Waals surface area contributed by atoms with Gasteiger partial charge in [-0.1, -0.05) is 18.2 Å². The lowest BCUT2D eigenvalue weighted by atomic mass is 10.2. The molecule has 2 aromatic carbocycles. The highest BCUT2D eigenvalue weighted by Gasteiger charge is 2.19. The standard InChI is InChI=1S/C17H11FN2O3/c1-9-4-2-7-13-15(9)19-12-6-3-5-11(18)10(12)8-14(19)16(21)20(13)17(22)23/h2-8H,1H3,(H,22,23). The summed E-state index contributed by atoms with van der Waals surface area (Å²) in [5.41, 5.74) is 1.63. The minimum Gasteiger partial charge on any atom is -0.464 e. The van der Waals surface area contributed by atoms with Gasteiger partial charge in [-0.05, 0) is 36.8 Å². The van der Waals surface area contributed by atoms with Crippen molar-refractivity contribution in [3.63, 3.8) is 0 Å². The quantitative estimate of drug-likeness (QED) is 0.541. The first-order chi connectivity index (χ1) is 11.0. The van der Waals surface area contributed by atoms with Crippen LogP contribution in [0.1, 0.15) is 5.56 Å². The molecule has 0 aliphatic rings. The Balaban J connectivity index is 2.46. The molecule has 0 amide bonds. The van der Waals surface area contributed by atoms with Crippen molar-refractivity contribution in [2.45, 2.75) is 6.92 Å². The van der Waals surface area contributed by atoms with Crippen LogP contribution < -0.4 is 5.56 Å². The molecule has 0 unspecified atom stereocenters. The largest absolute Gasteiger partial charge is 0.464 e. The number of aryl methyl sites for hydroxylation is 1. The Morgan fingerprint density at radius 3 is 2.52 bits per heavy atom. The predicted octanol–water partition coefficient (Wildman–Crippen LogP) is 3.38. The van der Waals surface area contributed by atoms with Gasteiger partial charge in [-0.2, -0.15) is 0 Å². The zero-order valence-electron chi connectivity index (χ0n) is 12.1. The van der Waals surface area contributed by atoms with Crippen LogP contribution in [0.2, 0.25) is 0 Å². The summed E-state index contributed by atoms with van der Waals surface area (Å²) in [5, 5.41) is 9.71. The fourth-order valence-corrected chi connectivity index (χ4v) is 3.12. The number of aromatic nitrogens is 2. The first-order valence-electron chi connectivity index (χ1n) is 6.98. The molecule has 0 bridgehead atoms. The second kappa shape index (κ2) is 4.42. The number of nitrogens with zero attached hydrogens (tertiary/aromatic N) is 2. The molecule has 5 nitrogen and oxygen atoms in total. The monoisotopic (exact) mass is 310 g/mol. The molecule has 0 aliphatic heterocycles. The third-order valence-electron chi connectivity index (χ3n) is 4.09. The van der Waals surface area contributed by atoms with E-state index in [1.165, 1.54) is 12.1 Å².